The highest BCUT2D eigenvalue weighted by molar-refractivity contribution is 7.98. The van der Waals surface area contributed by atoms with Crippen LogP contribution in [0.25, 0.3) is 0 Å². The number of hydrogen-bond donors (Lipinski definition) is 1. The molecular weight excluding hydrogens is 244 g/mol. The van der Waals surface area contributed by atoms with E-state index in [4.69, 9.17) is 4.74 Å². The molecule has 2 rings (SSSR count). The second-order valence-electron chi connectivity index (χ2n) is 4.49. The van der Waals surface area contributed by atoms with Gasteiger partial charge < -0.3 is 15.0 Å². The second-order valence-corrected chi connectivity index (χ2v) is 5.34. The molecule has 1 heterocycles. The van der Waals surface area contributed by atoms with E-state index < -0.39 is 0 Å². The minimum Gasteiger partial charge on any atom is -0.495 e. The molecule has 0 bridgehead atoms. The fourth-order valence-corrected chi connectivity index (χ4v) is 2.98. The minimum absolute atomic E-state index is 1.06. The van der Waals surface area contributed by atoms with Crippen LogP contribution in [-0.2, 0) is 6.42 Å². The molecular formula is C14H22N2OS. The minimum atomic E-state index is 1.06. The van der Waals surface area contributed by atoms with Gasteiger partial charge in [-0.05, 0) is 24.3 Å². The fourth-order valence-electron chi connectivity index (χ4n) is 2.36. The van der Waals surface area contributed by atoms with Gasteiger partial charge in [0, 0.05) is 37.6 Å². The normalized spacial score (nSPS) is 16.8. The Kier molecular flexibility index (Phi) is 5.35. The molecule has 0 atom stereocenters. The molecule has 1 fully saturated rings. The number of hydrogen-bond acceptors (Lipinski definition) is 4. The first-order chi connectivity index (χ1) is 8.85. The highest BCUT2D eigenvalue weighted by Gasteiger charge is 2.12. The summed E-state index contributed by atoms with van der Waals surface area (Å²) in [5, 5.41) is 3.38. The molecule has 4 heteroatoms. The second kappa shape index (κ2) is 7.02. The van der Waals surface area contributed by atoms with Crippen LogP contribution in [-0.4, -0.2) is 51.0 Å². The summed E-state index contributed by atoms with van der Waals surface area (Å²) >= 11 is 1.75. The van der Waals surface area contributed by atoms with Gasteiger partial charge in [-0.2, -0.15) is 0 Å². The maximum absolute atomic E-state index is 5.56. The van der Waals surface area contributed by atoms with Crippen LogP contribution in [0.4, 0.5) is 0 Å². The third-order valence-electron chi connectivity index (χ3n) is 3.39. The molecule has 3 nitrogen and oxygen atoms in total. The molecule has 1 aromatic rings. The van der Waals surface area contributed by atoms with E-state index in [1.807, 2.05) is 0 Å². The maximum Gasteiger partial charge on any atom is 0.135 e. The van der Waals surface area contributed by atoms with E-state index in [-0.39, 0.29) is 0 Å². The zero-order chi connectivity index (χ0) is 12.8. The molecule has 1 N–H and O–H groups in total. The van der Waals surface area contributed by atoms with Gasteiger partial charge in [-0.3, -0.25) is 0 Å². The fraction of sp³-hybridized carbons (Fsp3) is 0.571. The Balaban J connectivity index is 1.99. The molecule has 1 aromatic carbocycles. The lowest BCUT2D eigenvalue weighted by Gasteiger charge is -2.27. The summed E-state index contributed by atoms with van der Waals surface area (Å²) in [5.74, 6) is 1.06. The topological polar surface area (TPSA) is 24.5 Å². The third kappa shape index (κ3) is 3.40. The van der Waals surface area contributed by atoms with Crippen molar-refractivity contribution in [3.8, 4) is 5.75 Å². The summed E-state index contributed by atoms with van der Waals surface area (Å²) in [7, 11) is 1.77. The smallest absolute Gasteiger partial charge is 0.135 e. The number of para-hydroxylation sites is 1. The van der Waals surface area contributed by atoms with E-state index in [2.05, 4.69) is 34.7 Å². The van der Waals surface area contributed by atoms with E-state index in [0.29, 0.717) is 0 Å². The molecule has 0 aromatic heterocycles. The van der Waals surface area contributed by atoms with Gasteiger partial charge in [0.2, 0.25) is 0 Å². The van der Waals surface area contributed by atoms with Crippen molar-refractivity contribution in [2.75, 3.05) is 46.1 Å². The van der Waals surface area contributed by atoms with E-state index in [0.717, 1.165) is 44.9 Å². The zero-order valence-electron chi connectivity index (χ0n) is 11.2. The molecule has 18 heavy (non-hydrogen) atoms. The van der Waals surface area contributed by atoms with Gasteiger partial charge in [-0.1, -0.05) is 12.1 Å². The molecule has 0 saturated carbocycles. The number of rotatable bonds is 5. The Hall–Kier alpha value is -0.710. The summed E-state index contributed by atoms with van der Waals surface area (Å²) in [6, 6.07) is 6.43. The first-order valence-corrected chi connectivity index (χ1v) is 7.70. The van der Waals surface area contributed by atoms with Gasteiger partial charge in [0.1, 0.15) is 5.75 Å². The van der Waals surface area contributed by atoms with Crippen molar-refractivity contribution in [1.82, 2.24) is 10.2 Å². The van der Waals surface area contributed by atoms with Gasteiger partial charge in [0.05, 0.1) is 7.11 Å². The average Bonchev–Trinajstić information content (AvgIpc) is 2.45. The van der Waals surface area contributed by atoms with Crippen molar-refractivity contribution in [3.63, 3.8) is 0 Å². The average molecular weight is 266 g/mol. The van der Waals surface area contributed by atoms with E-state index in [1.54, 1.807) is 18.9 Å². The predicted molar refractivity (Wildman–Crippen MR) is 77.8 cm³/mol. The lowest BCUT2D eigenvalue weighted by Crippen LogP contribution is -2.44. The summed E-state index contributed by atoms with van der Waals surface area (Å²) in [4.78, 5) is 3.75. The Bertz CT molecular complexity index is 378. The number of benzene rings is 1. The number of thioether (sulfide) groups is 1. The predicted octanol–water partition coefficient (Wildman–Crippen LogP) is 1.86. The Morgan fingerprint density at radius 2 is 2.11 bits per heavy atom. The highest BCUT2D eigenvalue weighted by Crippen LogP contribution is 2.31. The van der Waals surface area contributed by atoms with Crippen molar-refractivity contribution in [1.29, 1.82) is 0 Å². The summed E-state index contributed by atoms with van der Waals surface area (Å²) in [5.41, 5.74) is 1.32. The van der Waals surface area contributed by atoms with Crippen LogP contribution in [0.15, 0.2) is 23.1 Å². The maximum atomic E-state index is 5.56. The quantitative estimate of drug-likeness (QED) is 0.822. The van der Waals surface area contributed by atoms with E-state index in [9.17, 15) is 0 Å². The van der Waals surface area contributed by atoms with E-state index in [1.165, 1.54) is 10.5 Å². The molecule has 0 radical (unpaired) electrons. The highest BCUT2D eigenvalue weighted by atomic mass is 32.2. The number of nitrogens with one attached hydrogen (secondary N) is 1. The molecule has 1 aliphatic rings. The zero-order valence-corrected chi connectivity index (χ0v) is 12.1. The number of ether oxygens (including phenoxy) is 1. The van der Waals surface area contributed by atoms with Crippen LogP contribution in [0.5, 0.6) is 5.75 Å². The first kappa shape index (κ1) is 13.7. The summed E-state index contributed by atoms with van der Waals surface area (Å²) < 4.78 is 5.56. The molecule has 0 amide bonds. The van der Waals surface area contributed by atoms with Crippen molar-refractivity contribution < 1.29 is 4.74 Å². The Morgan fingerprint density at radius 3 is 2.78 bits per heavy atom. The third-order valence-corrected chi connectivity index (χ3v) is 4.15. The van der Waals surface area contributed by atoms with Gasteiger partial charge in [-0.25, -0.2) is 0 Å². The number of piperazine rings is 1. The van der Waals surface area contributed by atoms with Crippen LogP contribution < -0.4 is 10.1 Å². The van der Waals surface area contributed by atoms with Crippen LogP contribution in [0.3, 0.4) is 0 Å². The molecule has 0 unspecified atom stereocenters. The first-order valence-electron chi connectivity index (χ1n) is 6.48. The van der Waals surface area contributed by atoms with Crippen LogP contribution in [0.2, 0.25) is 0 Å². The molecule has 1 aliphatic heterocycles. The van der Waals surface area contributed by atoms with Gasteiger partial charge in [0.25, 0.3) is 0 Å². The molecule has 0 aliphatic carbocycles. The van der Waals surface area contributed by atoms with Gasteiger partial charge in [-0.15, -0.1) is 11.8 Å². The molecule has 1 saturated heterocycles. The summed E-state index contributed by atoms with van der Waals surface area (Å²) in [6.07, 6.45) is 3.16. The largest absolute Gasteiger partial charge is 0.495 e. The van der Waals surface area contributed by atoms with Crippen molar-refractivity contribution in [2.24, 2.45) is 0 Å². The van der Waals surface area contributed by atoms with E-state index >= 15 is 0 Å². The van der Waals surface area contributed by atoms with Gasteiger partial charge in [0.15, 0.2) is 0 Å². The van der Waals surface area contributed by atoms with Crippen molar-refractivity contribution in [2.45, 2.75) is 11.3 Å². The molecule has 0 spiro atoms. The van der Waals surface area contributed by atoms with Crippen LogP contribution in [0, 0.1) is 0 Å². The van der Waals surface area contributed by atoms with Crippen LogP contribution in [0.1, 0.15) is 5.56 Å². The van der Waals surface area contributed by atoms with Crippen molar-refractivity contribution in [3.05, 3.63) is 23.8 Å². The Labute approximate surface area is 114 Å². The van der Waals surface area contributed by atoms with Crippen LogP contribution >= 0.6 is 11.8 Å². The monoisotopic (exact) mass is 266 g/mol. The number of nitrogens with zero attached hydrogens (tertiary/aromatic N) is 1. The lowest BCUT2D eigenvalue weighted by molar-refractivity contribution is 0.243. The standard InChI is InChI=1S/C14H22N2OS/c1-17-14-12(4-3-5-13(14)18-2)6-9-16-10-7-15-8-11-16/h3-5,15H,6-11H2,1-2H3. The Morgan fingerprint density at radius 1 is 1.33 bits per heavy atom. The lowest BCUT2D eigenvalue weighted by atomic mass is 10.1. The SMILES string of the molecule is COc1c(CCN2CCNCC2)cccc1SC. The molecule has 100 valence electrons. The van der Waals surface area contributed by atoms with Gasteiger partial charge >= 0.3 is 0 Å². The summed E-state index contributed by atoms with van der Waals surface area (Å²) in [6.45, 7) is 5.66. The van der Waals surface area contributed by atoms with Crippen molar-refractivity contribution >= 4 is 11.8 Å². The number of methoxy groups -OCH3 is 1.